The van der Waals surface area contributed by atoms with Crippen LogP contribution in [0.1, 0.15) is 36.0 Å². The van der Waals surface area contributed by atoms with Gasteiger partial charge in [-0.15, -0.1) is 0 Å². The summed E-state index contributed by atoms with van der Waals surface area (Å²) >= 11 is 0. The van der Waals surface area contributed by atoms with Crippen LogP contribution in [0.2, 0.25) is 0 Å². The van der Waals surface area contributed by atoms with Gasteiger partial charge in [-0.2, -0.15) is 0 Å². The summed E-state index contributed by atoms with van der Waals surface area (Å²) < 4.78 is 5.11. The zero-order chi connectivity index (χ0) is 14.3. The third kappa shape index (κ3) is 2.12. The number of phenols is 1. The number of aliphatic hydroxyl groups excluding tert-OH is 1. The Labute approximate surface area is 117 Å². The smallest absolute Gasteiger partial charge is 0.258 e. The number of fused-ring (bicyclic) bond motifs is 2. The van der Waals surface area contributed by atoms with Crippen molar-refractivity contribution >= 4 is 5.91 Å². The maximum Gasteiger partial charge on any atom is 0.258 e. The van der Waals surface area contributed by atoms with Gasteiger partial charge in [-0.05, 0) is 43.9 Å². The number of hydrogen-bond donors (Lipinski definition) is 2. The van der Waals surface area contributed by atoms with Crippen molar-refractivity contribution in [2.24, 2.45) is 0 Å². The van der Waals surface area contributed by atoms with E-state index in [1.165, 1.54) is 13.2 Å². The van der Waals surface area contributed by atoms with Crippen molar-refractivity contribution in [1.29, 1.82) is 0 Å². The van der Waals surface area contributed by atoms with E-state index in [0.717, 1.165) is 12.8 Å². The summed E-state index contributed by atoms with van der Waals surface area (Å²) in [5.41, 5.74) is 0.276. The van der Waals surface area contributed by atoms with E-state index in [-0.39, 0.29) is 35.4 Å². The van der Waals surface area contributed by atoms with Crippen LogP contribution in [0.25, 0.3) is 0 Å². The van der Waals surface area contributed by atoms with E-state index >= 15 is 0 Å². The first-order chi connectivity index (χ1) is 9.60. The molecule has 5 heteroatoms. The largest absolute Gasteiger partial charge is 0.507 e. The minimum atomic E-state index is -0.310. The van der Waals surface area contributed by atoms with Crippen LogP contribution in [-0.2, 0) is 0 Å². The Hall–Kier alpha value is -1.75. The molecule has 2 unspecified atom stereocenters. The molecule has 2 aliphatic heterocycles. The number of benzene rings is 1. The topological polar surface area (TPSA) is 70.0 Å². The minimum absolute atomic E-state index is 0.0266. The van der Waals surface area contributed by atoms with Crippen LogP contribution >= 0.6 is 0 Å². The average molecular weight is 277 g/mol. The van der Waals surface area contributed by atoms with Crippen LogP contribution in [0.3, 0.4) is 0 Å². The van der Waals surface area contributed by atoms with Crippen molar-refractivity contribution in [3.8, 4) is 11.5 Å². The molecule has 0 spiro atoms. The Morgan fingerprint density at radius 2 is 1.95 bits per heavy atom. The lowest BCUT2D eigenvalue weighted by molar-refractivity contribution is 0.0285. The lowest BCUT2D eigenvalue weighted by Crippen LogP contribution is -2.48. The molecule has 3 rings (SSSR count). The van der Waals surface area contributed by atoms with Gasteiger partial charge in [-0.3, -0.25) is 4.79 Å². The molecule has 2 atom stereocenters. The fraction of sp³-hybridized carbons (Fsp3) is 0.533. The third-order valence-corrected chi connectivity index (χ3v) is 4.38. The van der Waals surface area contributed by atoms with Crippen molar-refractivity contribution < 1.29 is 19.7 Å². The number of ether oxygens (including phenoxy) is 1. The Morgan fingerprint density at radius 3 is 2.55 bits per heavy atom. The second kappa shape index (κ2) is 4.98. The lowest BCUT2D eigenvalue weighted by Gasteiger charge is -2.37. The second-order valence-electron chi connectivity index (χ2n) is 5.61. The van der Waals surface area contributed by atoms with Crippen LogP contribution in [0, 0.1) is 0 Å². The van der Waals surface area contributed by atoms with Gasteiger partial charge in [-0.1, -0.05) is 0 Å². The van der Waals surface area contributed by atoms with Gasteiger partial charge in [-0.25, -0.2) is 0 Å². The number of carbonyl (C=O) groups excluding carboxylic acids is 1. The van der Waals surface area contributed by atoms with Crippen LogP contribution in [-0.4, -0.2) is 46.3 Å². The number of phenolic OH excluding ortho intramolecular Hbond substituents is 1. The molecule has 2 N–H and O–H groups in total. The van der Waals surface area contributed by atoms with E-state index in [2.05, 4.69) is 0 Å². The maximum absolute atomic E-state index is 12.7. The van der Waals surface area contributed by atoms with Crippen LogP contribution in [0.15, 0.2) is 18.2 Å². The number of aromatic hydroxyl groups is 1. The van der Waals surface area contributed by atoms with Crippen LogP contribution < -0.4 is 4.74 Å². The molecule has 2 fully saturated rings. The first kappa shape index (κ1) is 13.2. The standard InChI is InChI=1S/C15H19NO4/c1-20-12-4-5-14(18)13(8-12)15(19)16-9-2-3-10(16)7-11(17)6-9/h4-5,8-11,17-18H,2-3,6-7H2,1H3. The molecule has 2 aliphatic rings. The van der Waals surface area contributed by atoms with E-state index in [4.69, 9.17) is 4.74 Å². The molecule has 2 saturated heterocycles. The van der Waals surface area contributed by atoms with Gasteiger partial charge < -0.3 is 19.8 Å². The van der Waals surface area contributed by atoms with Crippen molar-refractivity contribution in [3.63, 3.8) is 0 Å². The fourth-order valence-electron chi connectivity index (χ4n) is 3.43. The van der Waals surface area contributed by atoms with Gasteiger partial charge in [0.25, 0.3) is 5.91 Å². The predicted molar refractivity (Wildman–Crippen MR) is 72.9 cm³/mol. The van der Waals surface area contributed by atoms with Gasteiger partial charge in [0.1, 0.15) is 11.5 Å². The number of amides is 1. The minimum Gasteiger partial charge on any atom is -0.507 e. The average Bonchev–Trinajstić information content (AvgIpc) is 2.71. The van der Waals surface area contributed by atoms with Crippen LogP contribution in [0.5, 0.6) is 11.5 Å². The Morgan fingerprint density at radius 1 is 1.30 bits per heavy atom. The summed E-state index contributed by atoms with van der Waals surface area (Å²) in [6, 6.07) is 4.85. The molecular formula is C15H19NO4. The summed E-state index contributed by atoms with van der Waals surface area (Å²) in [7, 11) is 1.53. The number of nitrogens with zero attached hydrogens (tertiary/aromatic N) is 1. The molecule has 1 aromatic rings. The highest BCUT2D eigenvalue weighted by molar-refractivity contribution is 5.98. The molecule has 0 aromatic heterocycles. The first-order valence-electron chi connectivity index (χ1n) is 6.98. The van der Waals surface area contributed by atoms with Crippen LogP contribution in [0.4, 0.5) is 0 Å². The van der Waals surface area contributed by atoms with Crippen molar-refractivity contribution in [2.45, 2.75) is 43.9 Å². The molecule has 0 aliphatic carbocycles. The van der Waals surface area contributed by atoms with Crippen molar-refractivity contribution in [1.82, 2.24) is 4.90 Å². The summed E-state index contributed by atoms with van der Waals surface area (Å²) in [6.45, 7) is 0. The second-order valence-corrected chi connectivity index (χ2v) is 5.61. The van der Waals surface area contributed by atoms with Crippen molar-refractivity contribution in [2.75, 3.05) is 7.11 Å². The normalized spacial score (nSPS) is 28.5. The number of carbonyl (C=O) groups is 1. The van der Waals surface area contributed by atoms with Gasteiger partial charge in [0.15, 0.2) is 0 Å². The van der Waals surface area contributed by atoms with E-state index in [9.17, 15) is 15.0 Å². The highest BCUT2D eigenvalue weighted by Gasteiger charge is 2.43. The number of methoxy groups -OCH3 is 1. The molecule has 108 valence electrons. The Bertz CT molecular complexity index is 517. The number of piperidine rings is 1. The monoisotopic (exact) mass is 277 g/mol. The SMILES string of the molecule is COc1ccc(O)c(C(=O)N2C3CCC2CC(O)C3)c1. The zero-order valence-electron chi connectivity index (χ0n) is 11.5. The van der Waals surface area contributed by atoms with Gasteiger partial charge in [0.05, 0.1) is 18.8 Å². The van der Waals surface area contributed by atoms with Gasteiger partial charge in [0, 0.05) is 12.1 Å². The number of hydrogen-bond acceptors (Lipinski definition) is 4. The fourth-order valence-corrected chi connectivity index (χ4v) is 3.43. The van der Waals surface area contributed by atoms with Gasteiger partial charge >= 0.3 is 0 Å². The summed E-state index contributed by atoms with van der Waals surface area (Å²) in [6.07, 6.45) is 2.81. The first-order valence-corrected chi connectivity index (χ1v) is 6.98. The maximum atomic E-state index is 12.7. The van der Waals surface area contributed by atoms with E-state index in [1.54, 1.807) is 12.1 Å². The van der Waals surface area contributed by atoms with E-state index < -0.39 is 0 Å². The molecule has 1 aromatic carbocycles. The predicted octanol–water partition coefficient (Wildman–Crippen LogP) is 1.53. The Kier molecular flexibility index (Phi) is 3.30. The molecule has 20 heavy (non-hydrogen) atoms. The lowest BCUT2D eigenvalue weighted by atomic mass is 9.98. The van der Waals surface area contributed by atoms with Gasteiger partial charge in [0.2, 0.25) is 0 Å². The molecule has 2 bridgehead atoms. The number of aliphatic hydroxyl groups is 1. The number of rotatable bonds is 2. The van der Waals surface area contributed by atoms with E-state index in [0.29, 0.717) is 18.6 Å². The summed E-state index contributed by atoms with van der Waals surface area (Å²) in [5.74, 6) is 0.359. The quantitative estimate of drug-likeness (QED) is 0.860. The Balaban J connectivity index is 1.90. The summed E-state index contributed by atoms with van der Waals surface area (Å²) in [5, 5.41) is 19.7. The zero-order valence-corrected chi connectivity index (χ0v) is 11.5. The van der Waals surface area contributed by atoms with E-state index in [1.807, 2.05) is 4.90 Å². The molecule has 2 heterocycles. The molecule has 0 saturated carbocycles. The molecule has 5 nitrogen and oxygen atoms in total. The molecule has 1 amide bonds. The summed E-state index contributed by atoms with van der Waals surface area (Å²) in [4.78, 5) is 14.5. The molecular weight excluding hydrogens is 258 g/mol. The third-order valence-electron chi connectivity index (χ3n) is 4.38. The highest BCUT2D eigenvalue weighted by atomic mass is 16.5. The van der Waals surface area contributed by atoms with Crippen molar-refractivity contribution in [3.05, 3.63) is 23.8 Å². The molecule has 0 radical (unpaired) electrons. The highest BCUT2D eigenvalue weighted by Crippen LogP contribution is 2.38.